The number of aliphatic hydroxyl groups is 2. The molecule has 7 amide bonds. The van der Waals surface area contributed by atoms with Crippen molar-refractivity contribution in [3.8, 4) is 51.4 Å². The maximum absolute atomic E-state index is 15.6. The summed E-state index contributed by atoms with van der Waals surface area (Å²) >= 11 is 0. The molecule has 23 nitrogen and oxygen atoms in total. The van der Waals surface area contributed by atoms with E-state index in [9.17, 15) is 54.3 Å². The number of hydrogen-bond donors (Lipinski definition) is 12. The van der Waals surface area contributed by atoms with Gasteiger partial charge in [0.05, 0.1) is 12.5 Å². The summed E-state index contributed by atoms with van der Waals surface area (Å²) in [6.45, 7) is 11.2. The second kappa shape index (κ2) is 23.6. The first-order valence-electron chi connectivity index (χ1n) is 26.4. The van der Waals surface area contributed by atoms with Crippen LogP contribution in [-0.4, -0.2) is 116 Å². The number of nitrogens with zero attached hydrogens (tertiary/aromatic N) is 1. The highest BCUT2D eigenvalue weighted by atomic mass is 16.5. The number of carbonyl (C=O) groups excluding carboxylic acids is 8. The molecular weight excluding hydrogens is 1060 g/mol. The van der Waals surface area contributed by atoms with Crippen LogP contribution in [0, 0.1) is 33.6 Å². The quantitative estimate of drug-likeness (QED) is 0.106. The number of fused-ring (bicyclic) bond motifs is 15. The van der Waals surface area contributed by atoms with Crippen LogP contribution < -0.4 is 47.1 Å². The first-order chi connectivity index (χ1) is 38.6. The molecule has 82 heavy (non-hydrogen) atoms. The topological polar surface area (TPSA) is 358 Å². The molecule has 0 fully saturated rings. The predicted octanol–water partition coefficient (Wildman–Crippen LogP) is 3.46. The number of aryl methyl sites for hydroxylation is 2. The van der Waals surface area contributed by atoms with Crippen LogP contribution in [0.25, 0.3) is 11.1 Å². The van der Waals surface area contributed by atoms with Gasteiger partial charge < -0.3 is 72.6 Å². The number of carbonyl (C=O) groups is 8. The predicted molar refractivity (Wildman–Crippen MR) is 295 cm³/mol. The van der Waals surface area contributed by atoms with Gasteiger partial charge in [-0.05, 0) is 155 Å². The average Bonchev–Trinajstić information content (AvgIpc) is 2.45. The Balaban J connectivity index is 1.37. The summed E-state index contributed by atoms with van der Waals surface area (Å²) in [6, 6.07) is 4.34. The lowest BCUT2D eigenvalue weighted by Crippen LogP contribution is -2.59. The summed E-state index contributed by atoms with van der Waals surface area (Å²) in [5.41, 5.74) is 6.06. The first-order valence-corrected chi connectivity index (χ1v) is 26.4. The molecule has 0 radical (unpaired) electrons. The van der Waals surface area contributed by atoms with E-state index in [-0.39, 0.29) is 73.4 Å². The van der Waals surface area contributed by atoms with Crippen LogP contribution in [0.2, 0.25) is 0 Å². The number of primary amides is 1. The highest BCUT2D eigenvalue weighted by Gasteiger charge is 2.41. The molecule has 23 heteroatoms. The Bertz CT molecular complexity index is 3450. The molecule has 0 saturated carbocycles. The van der Waals surface area contributed by atoms with Gasteiger partial charge in [0.1, 0.15) is 88.7 Å². The molecule has 5 aromatic rings. The van der Waals surface area contributed by atoms with E-state index in [1.54, 1.807) is 39.8 Å². The van der Waals surface area contributed by atoms with Crippen LogP contribution in [0.1, 0.15) is 114 Å². The number of benzene rings is 5. The van der Waals surface area contributed by atoms with Gasteiger partial charge in [0.2, 0.25) is 41.4 Å². The van der Waals surface area contributed by atoms with Crippen LogP contribution in [0.15, 0.2) is 72.8 Å². The Morgan fingerprint density at radius 1 is 0.634 bits per heavy atom. The summed E-state index contributed by atoms with van der Waals surface area (Å²) in [6.07, 6.45) is -4.21. The van der Waals surface area contributed by atoms with Crippen LogP contribution in [-0.2, 0) is 38.4 Å². The second-order valence-corrected chi connectivity index (χ2v) is 21.6. The van der Waals surface area contributed by atoms with Crippen molar-refractivity contribution in [2.45, 2.75) is 116 Å². The van der Waals surface area contributed by atoms with Crippen LogP contribution in [0.5, 0.6) is 40.2 Å². The van der Waals surface area contributed by atoms with E-state index in [2.05, 4.69) is 31.9 Å². The molecule has 0 spiro atoms. The maximum atomic E-state index is 15.6. The number of hydrogen-bond acceptors (Lipinski definition) is 16. The fourth-order valence-electron chi connectivity index (χ4n) is 10.3. The summed E-state index contributed by atoms with van der Waals surface area (Å²) < 4.78 is 13.2. The fraction of sp³-hybridized carbons (Fsp3) is 0.356. The number of ketones is 1. The second-order valence-electron chi connectivity index (χ2n) is 21.6. The lowest BCUT2D eigenvalue weighted by Gasteiger charge is -2.32. The van der Waals surface area contributed by atoms with Gasteiger partial charge in [-0.2, -0.15) is 0 Å². The monoisotopic (exact) mass is 1130 g/mol. The van der Waals surface area contributed by atoms with Gasteiger partial charge in [0.25, 0.3) is 0 Å². The van der Waals surface area contributed by atoms with E-state index >= 15 is 9.59 Å². The van der Waals surface area contributed by atoms with E-state index in [4.69, 9.17) is 15.2 Å². The van der Waals surface area contributed by atoms with Crippen LogP contribution >= 0.6 is 0 Å². The number of aliphatic hydroxyl groups excluding tert-OH is 2. The zero-order chi connectivity index (χ0) is 59.9. The van der Waals surface area contributed by atoms with E-state index < -0.39 is 125 Å². The number of ether oxygens (including phenoxy) is 2. The molecule has 10 rings (SSSR count). The average molecular weight is 1130 g/mol. The summed E-state index contributed by atoms with van der Waals surface area (Å²) in [7, 11) is 3.34. The Labute approximate surface area is 471 Å². The van der Waals surface area contributed by atoms with Gasteiger partial charge >= 0.3 is 0 Å². The van der Waals surface area contributed by atoms with Crippen molar-refractivity contribution in [2.75, 3.05) is 14.1 Å². The third kappa shape index (κ3) is 12.0. The highest BCUT2D eigenvalue weighted by molar-refractivity contribution is 6.01. The summed E-state index contributed by atoms with van der Waals surface area (Å²) in [5, 5.41) is 74.0. The number of nitrogens with one attached hydrogen (secondary N) is 6. The van der Waals surface area contributed by atoms with Crippen molar-refractivity contribution >= 4 is 47.1 Å². The number of aromatic hydroxyl groups is 3. The van der Waals surface area contributed by atoms with Crippen molar-refractivity contribution in [1.29, 1.82) is 0 Å². The normalized spacial score (nSPS) is 22.3. The van der Waals surface area contributed by atoms with Gasteiger partial charge in [0.15, 0.2) is 5.78 Å². The zero-order valence-corrected chi connectivity index (χ0v) is 46.5. The van der Waals surface area contributed by atoms with Gasteiger partial charge in [-0.25, -0.2) is 0 Å². The molecule has 13 N–H and O–H groups in total. The highest BCUT2D eigenvalue weighted by Crippen LogP contribution is 2.47. The number of Topliss-reactive ketones (excluding diaryl/α,β-unsaturated/α-hetero) is 1. The maximum Gasteiger partial charge on any atom is 0.248 e. The molecule has 0 aliphatic carbocycles. The molecule has 9 atom stereocenters. The molecule has 5 aliphatic rings. The van der Waals surface area contributed by atoms with Gasteiger partial charge in [-0.3, -0.25) is 43.3 Å². The summed E-state index contributed by atoms with van der Waals surface area (Å²) in [5.74, 6) is -9.44. The molecule has 11 bridgehead atoms. The van der Waals surface area contributed by atoms with Gasteiger partial charge in [-0.15, -0.1) is 0 Å². The van der Waals surface area contributed by atoms with Gasteiger partial charge in [-0.1, -0.05) is 32.0 Å². The SMILES string of the molecule is CC(=O)[C@@H]1NC(=O)[C@H]2NC(=O)[C@H](NC(=O)[C@@H]3NC(=O)[C@H](CC(N)=O)NC(=O)[C@H](NC(=O)[C@@H](CC(C)C)N(C)C)[C@H](O)c4ccc(c(C)c4)Oc4cc3cc(c4C)Oc3ccc(cc3C)[C@H]2O)c2ccc(O)c(c2)-c2c1cc(O)c(C)c2O. The molecule has 432 valence electrons. The molecule has 5 aliphatic heterocycles. The first kappa shape index (κ1) is 59.1. The van der Waals surface area contributed by atoms with Crippen LogP contribution in [0.3, 0.4) is 0 Å². The molecule has 5 heterocycles. The lowest BCUT2D eigenvalue weighted by molar-refractivity contribution is -0.138. The minimum absolute atomic E-state index is 0.0176. The third-order valence-electron chi connectivity index (χ3n) is 14.9. The minimum atomic E-state index is -1.97. The standard InChI is InChI=1S/C59H66N8O15/c1-24(2)16-37(67(8)9)55(76)65-49-52(73)31-11-14-40(25(3)17-31)81-42-20-33-21-43(28(42)6)82-41-15-12-32(18-26(41)4)53(74)50-59(80)62-46(29(7)68)35-22-39(70)27(5)51(72)45(35)34-19-30(10-13-38(34)69)47(56(77)66-50)64-57(78)48(33)63-54(75)36(23-44(60)71)61-58(49)79/h10-15,17-22,24,36-37,46-50,52-53,69-70,72-74H,16,23H2,1-9H3,(H2,60,71)(H,61,79)(H,62,80)(H,63,75)(H,64,78)(H,65,76)(H,66,77)/t36-,37+,46-,47+,48+,49+,50-,52+,53+/m0/s1. The van der Waals surface area contributed by atoms with E-state index in [0.29, 0.717) is 23.1 Å². The molecule has 0 aromatic heterocycles. The van der Waals surface area contributed by atoms with Crippen molar-refractivity contribution in [3.63, 3.8) is 0 Å². The Hall–Kier alpha value is -9.06. The van der Waals surface area contributed by atoms with E-state index in [1.807, 2.05) is 13.8 Å². The molecule has 0 saturated heterocycles. The number of phenols is 3. The number of rotatable bonds is 8. The smallest absolute Gasteiger partial charge is 0.248 e. The molecule has 5 aromatic carbocycles. The molecular formula is C59H66N8O15. The lowest BCUT2D eigenvalue weighted by atomic mass is 9.87. The van der Waals surface area contributed by atoms with Crippen molar-refractivity contribution < 1.29 is 73.4 Å². The minimum Gasteiger partial charge on any atom is -0.508 e. The number of likely N-dealkylation sites (N-methyl/N-ethyl adjacent to an activating group) is 1. The molecule has 0 unspecified atom stereocenters. The third-order valence-corrected chi connectivity index (χ3v) is 14.9. The van der Waals surface area contributed by atoms with Gasteiger partial charge in [0, 0.05) is 22.3 Å². The number of phenolic OH excluding ortho intramolecular Hbond substituents is 3. The fourth-order valence-corrected chi connectivity index (χ4v) is 10.3. The van der Waals surface area contributed by atoms with E-state index in [0.717, 1.165) is 19.1 Å². The largest absolute Gasteiger partial charge is 0.508 e. The summed E-state index contributed by atoms with van der Waals surface area (Å²) in [4.78, 5) is 117. The number of nitrogens with two attached hydrogens (primary N) is 1. The van der Waals surface area contributed by atoms with Crippen molar-refractivity contribution in [2.24, 2.45) is 11.7 Å². The Morgan fingerprint density at radius 3 is 1.76 bits per heavy atom. The number of amides is 7. The zero-order valence-electron chi connectivity index (χ0n) is 46.5. The Kier molecular flexibility index (Phi) is 17.0. The van der Waals surface area contributed by atoms with Crippen LogP contribution in [0.4, 0.5) is 0 Å². The van der Waals surface area contributed by atoms with Crippen molar-refractivity contribution in [3.05, 3.63) is 123 Å². The Morgan fingerprint density at radius 2 is 1.20 bits per heavy atom. The van der Waals surface area contributed by atoms with E-state index in [1.165, 1.54) is 67.6 Å². The van der Waals surface area contributed by atoms with Crippen molar-refractivity contribution in [1.82, 2.24) is 36.8 Å².